The largest absolute Gasteiger partial charge is 0.319 e. The fourth-order valence-electron chi connectivity index (χ4n) is 3.43. The molecule has 2 heteroatoms. The van der Waals surface area contributed by atoms with Crippen molar-refractivity contribution in [1.29, 1.82) is 0 Å². The lowest BCUT2D eigenvalue weighted by Gasteiger charge is -2.42. The number of likely N-dealkylation sites (tertiary alicyclic amines) is 1. The molecule has 0 aliphatic carbocycles. The number of hydrogen-bond acceptors (Lipinski definition) is 2. The SMILES string of the molecule is CCCC(C)(CNC)CN1CCC(C)CC1C. The maximum absolute atomic E-state index is 3.38. The molecule has 0 saturated carbocycles. The van der Waals surface area contributed by atoms with E-state index in [4.69, 9.17) is 0 Å². The molecular formula is C15H32N2. The van der Waals surface area contributed by atoms with Gasteiger partial charge in [0.2, 0.25) is 0 Å². The van der Waals surface area contributed by atoms with Crippen molar-refractivity contribution in [3.63, 3.8) is 0 Å². The number of piperidine rings is 1. The van der Waals surface area contributed by atoms with Gasteiger partial charge in [-0.25, -0.2) is 0 Å². The highest BCUT2D eigenvalue weighted by Crippen LogP contribution is 2.29. The summed E-state index contributed by atoms with van der Waals surface area (Å²) in [5.74, 6) is 0.919. The summed E-state index contributed by atoms with van der Waals surface area (Å²) in [6.07, 6.45) is 5.37. The van der Waals surface area contributed by atoms with Crippen molar-refractivity contribution in [2.24, 2.45) is 11.3 Å². The van der Waals surface area contributed by atoms with E-state index in [2.05, 4.69) is 45.0 Å². The van der Waals surface area contributed by atoms with Crippen molar-refractivity contribution in [1.82, 2.24) is 10.2 Å². The van der Waals surface area contributed by atoms with Gasteiger partial charge in [-0.2, -0.15) is 0 Å². The lowest BCUT2D eigenvalue weighted by atomic mass is 9.83. The fourth-order valence-corrected chi connectivity index (χ4v) is 3.43. The Morgan fingerprint density at radius 2 is 2.06 bits per heavy atom. The summed E-state index contributed by atoms with van der Waals surface area (Å²) >= 11 is 0. The molecule has 0 bridgehead atoms. The lowest BCUT2D eigenvalue weighted by molar-refractivity contribution is 0.0732. The number of rotatable bonds is 6. The first-order valence-corrected chi connectivity index (χ1v) is 7.39. The van der Waals surface area contributed by atoms with Gasteiger partial charge in [0.1, 0.15) is 0 Å². The summed E-state index contributed by atoms with van der Waals surface area (Å²) in [6.45, 7) is 13.2. The molecule has 0 aromatic carbocycles. The van der Waals surface area contributed by atoms with E-state index in [1.54, 1.807) is 0 Å². The summed E-state index contributed by atoms with van der Waals surface area (Å²) in [4.78, 5) is 2.72. The van der Waals surface area contributed by atoms with E-state index in [1.165, 1.54) is 38.8 Å². The highest BCUT2D eigenvalue weighted by molar-refractivity contribution is 4.85. The van der Waals surface area contributed by atoms with Crippen LogP contribution in [0.2, 0.25) is 0 Å². The minimum Gasteiger partial charge on any atom is -0.319 e. The molecule has 3 unspecified atom stereocenters. The monoisotopic (exact) mass is 240 g/mol. The molecule has 1 fully saturated rings. The Kier molecular flexibility index (Phi) is 5.94. The summed E-state index contributed by atoms with van der Waals surface area (Å²) in [5.41, 5.74) is 0.443. The summed E-state index contributed by atoms with van der Waals surface area (Å²) < 4.78 is 0. The van der Waals surface area contributed by atoms with Gasteiger partial charge in [0, 0.05) is 19.1 Å². The molecular weight excluding hydrogens is 208 g/mol. The summed E-state index contributed by atoms with van der Waals surface area (Å²) in [6, 6.07) is 0.770. The van der Waals surface area contributed by atoms with E-state index >= 15 is 0 Å². The molecule has 0 radical (unpaired) electrons. The van der Waals surface area contributed by atoms with Crippen molar-refractivity contribution in [3.05, 3.63) is 0 Å². The third-order valence-electron chi connectivity index (χ3n) is 4.32. The third kappa shape index (κ3) is 4.59. The van der Waals surface area contributed by atoms with Gasteiger partial charge in [-0.15, -0.1) is 0 Å². The first-order valence-electron chi connectivity index (χ1n) is 7.39. The predicted octanol–water partition coefficient (Wildman–Crippen LogP) is 3.13. The molecule has 102 valence electrons. The van der Waals surface area contributed by atoms with Crippen LogP contribution in [0.4, 0.5) is 0 Å². The van der Waals surface area contributed by atoms with Crippen LogP contribution in [0, 0.1) is 11.3 Å². The van der Waals surface area contributed by atoms with Gasteiger partial charge in [0.25, 0.3) is 0 Å². The smallest absolute Gasteiger partial charge is 0.00697 e. The highest BCUT2D eigenvalue weighted by Gasteiger charge is 2.30. The van der Waals surface area contributed by atoms with E-state index in [9.17, 15) is 0 Å². The van der Waals surface area contributed by atoms with Crippen molar-refractivity contribution < 1.29 is 0 Å². The second-order valence-electron chi connectivity index (χ2n) is 6.54. The average molecular weight is 240 g/mol. The maximum Gasteiger partial charge on any atom is 0.00697 e. The van der Waals surface area contributed by atoms with Gasteiger partial charge < -0.3 is 10.2 Å². The highest BCUT2D eigenvalue weighted by atomic mass is 15.2. The van der Waals surface area contributed by atoms with Crippen LogP contribution in [0.15, 0.2) is 0 Å². The lowest BCUT2D eigenvalue weighted by Crippen LogP contribution is -2.48. The van der Waals surface area contributed by atoms with E-state index < -0.39 is 0 Å². The van der Waals surface area contributed by atoms with Crippen molar-refractivity contribution in [2.45, 2.75) is 59.4 Å². The van der Waals surface area contributed by atoms with Crippen LogP contribution < -0.4 is 5.32 Å². The Labute approximate surface area is 108 Å². The number of nitrogens with zero attached hydrogens (tertiary/aromatic N) is 1. The van der Waals surface area contributed by atoms with Crippen LogP contribution in [-0.2, 0) is 0 Å². The average Bonchev–Trinajstić information content (AvgIpc) is 2.23. The van der Waals surface area contributed by atoms with Crippen molar-refractivity contribution >= 4 is 0 Å². The molecule has 1 saturated heterocycles. The summed E-state index contributed by atoms with van der Waals surface area (Å²) in [7, 11) is 2.08. The predicted molar refractivity (Wildman–Crippen MR) is 76.4 cm³/mol. The Hall–Kier alpha value is -0.0800. The first-order chi connectivity index (χ1) is 8.00. The van der Waals surface area contributed by atoms with Gasteiger partial charge >= 0.3 is 0 Å². The molecule has 2 nitrogen and oxygen atoms in total. The first kappa shape index (κ1) is 15.0. The fraction of sp³-hybridized carbons (Fsp3) is 1.00. The molecule has 1 aliphatic heterocycles. The Morgan fingerprint density at radius 1 is 1.35 bits per heavy atom. The maximum atomic E-state index is 3.38. The van der Waals surface area contributed by atoms with Gasteiger partial charge in [-0.3, -0.25) is 0 Å². The van der Waals surface area contributed by atoms with E-state index in [0.717, 1.165) is 18.5 Å². The van der Waals surface area contributed by atoms with Crippen molar-refractivity contribution in [2.75, 3.05) is 26.7 Å². The summed E-state index contributed by atoms with van der Waals surface area (Å²) in [5, 5.41) is 3.38. The minimum absolute atomic E-state index is 0.443. The number of hydrogen-bond donors (Lipinski definition) is 1. The molecule has 1 heterocycles. The van der Waals surface area contributed by atoms with Crippen LogP contribution in [0.5, 0.6) is 0 Å². The van der Waals surface area contributed by atoms with Crippen LogP contribution in [0.1, 0.15) is 53.4 Å². The normalized spacial score (nSPS) is 30.2. The third-order valence-corrected chi connectivity index (χ3v) is 4.32. The molecule has 17 heavy (non-hydrogen) atoms. The standard InChI is InChI=1S/C15H32N2/c1-6-8-15(4,11-16-5)12-17-9-7-13(2)10-14(17)3/h13-14,16H,6-12H2,1-5H3. The molecule has 0 aromatic rings. The van der Waals surface area contributed by atoms with Crippen LogP contribution in [0.3, 0.4) is 0 Å². The van der Waals surface area contributed by atoms with Gasteiger partial charge in [0.05, 0.1) is 0 Å². The van der Waals surface area contributed by atoms with Gasteiger partial charge in [-0.1, -0.05) is 27.2 Å². The van der Waals surface area contributed by atoms with Crippen LogP contribution in [0.25, 0.3) is 0 Å². The molecule has 0 aromatic heterocycles. The number of nitrogens with one attached hydrogen (secondary N) is 1. The zero-order chi connectivity index (χ0) is 12.9. The molecule has 1 rings (SSSR count). The quantitative estimate of drug-likeness (QED) is 0.767. The van der Waals surface area contributed by atoms with Crippen LogP contribution in [-0.4, -0.2) is 37.6 Å². The topological polar surface area (TPSA) is 15.3 Å². The molecule has 1 N–H and O–H groups in total. The van der Waals surface area contributed by atoms with Crippen LogP contribution >= 0.6 is 0 Å². The molecule has 3 atom stereocenters. The second kappa shape index (κ2) is 6.75. The van der Waals surface area contributed by atoms with E-state index in [0.29, 0.717) is 5.41 Å². The van der Waals surface area contributed by atoms with Gasteiger partial charge in [-0.05, 0) is 51.1 Å². The van der Waals surface area contributed by atoms with E-state index in [-0.39, 0.29) is 0 Å². The Bertz CT molecular complexity index is 209. The van der Waals surface area contributed by atoms with Crippen molar-refractivity contribution in [3.8, 4) is 0 Å². The zero-order valence-electron chi connectivity index (χ0n) is 12.6. The molecule has 0 amide bonds. The Balaban J connectivity index is 2.54. The Morgan fingerprint density at radius 3 is 2.59 bits per heavy atom. The second-order valence-corrected chi connectivity index (χ2v) is 6.54. The molecule has 1 aliphatic rings. The zero-order valence-corrected chi connectivity index (χ0v) is 12.6. The van der Waals surface area contributed by atoms with E-state index in [1.807, 2.05) is 0 Å². The van der Waals surface area contributed by atoms with Gasteiger partial charge in [0.15, 0.2) is 0 Å². The molecule has 0 spiro atoms. The minimum atomic E-state index is 0.443.